The van der Waals surface area contributed by atoms with Gasteiger partial charge in [-0.3, -0.25) is 4.79 Å². The quantitative estimate of drug-likeness (QED) is 0.232. The number of carbonyl (C=O) groups is 1. The molecule has 0 atom stereocenters. The van der Waals surface area contributed by atoms with Crippen LogP contribution in [0.25, 0.3) is 16.9 Å². The maximum atomic E-state index is 12.8. The number of fused-ring (bicyclic) bond motifs is 1. The first kappa shape index (κ1) is 27.5. The Hall–Kier alpha value is -3.57. The lowest BCUT2D eigenvalue weighted by Crippen LogP contribution is -2.24. The lowest BCUT2D eigenvalue weighted by Gasteiger charge is -2.13. The number of carbonyl (C=O) groups excluding carboxylic acids is 1. The Morgan fingerprint density at radius 1 is 1.13 bits per heavy atom. The van der Waals surface area contributed by atoms with E-state index in [1.165, 1.54) is 11.8 Å². The highest BCUT2D eigenvalue weighted by Gasteiger charge is 2.26. The molecule has 0 bridgehead atoms. The summed E-state index contributed by atoms with van der Waals surface area (Å²) in [5.74, 6) is -0.149. The molecule has 0 radical (unpaired) electrons. The molecule has 2 aromatic heterocycles. The fourth-order valence-corrected chi connectivity index (χ4v) is 4.85. The number of benzene rings is 2. The van der Waals surface area contributed by atoms with Gasteiger partial charge in [0.25, 0.3) is 5.91 Å². The number of alkyl halides is 3. The number of aliphatic hydroxyl groups is 1. The topological polar surface area (TPSA) is 91.5 Å². The summed E-state index contributed by atoms with van der Waals surface area (Å²) in [6, 6.07) is 14.4. The number of nitrogens with zero attached hydrogens (tertiary/aromatic N) is 3. The summed E-state index contributed by atoms with van der Waals surface area (Å²) in [5, 5.41) is 20.7. The van der Waals surface area contributed by atoms with Crippen LogP contribution < -0.4 is 10.6 Å². The predicted molar refractivity (Wildman–Crippen MR) is 141 cm³/mol. The molecule has 2 aromatic carbocycles. The summed E-state index contributed by atoms with van der Waals surface area (Å²) in [6.45, 7) is 3.94. The van der Waals surface area contributed by atoms with Crippen molar-refractivity contribution in [1.29, 1.82) is 0 Å². The van der Waals surface area contributed by atoms with Crippen molar-refractivity contribution in [3.63, 3.8) is 0 Å². The number of rotatable bonds is 10. The molecular formula is C27H28F3N5O2S. The first-order valence-corrected chi connectivity index (χ1v) is 13.0. The number of aliphatic hydroxyl groups excluding tert-OH is 1. The molecule has 0 saturated heterocycles. The lowest BCUT2D eigenvalue weighted by molar-refractivity contribution is -0.131. The van der Waals surface area contributed by atoms with E-state index in [-0.39, 0.29) is 19.1 Å². The number of aryl methyl sites for hydroxylation is 1. The lowest BCUT2D eigenvalue weighted by atomic mass is 10.0. The van der Waals surface area contributed by atoms with Gasteiger partial charge in [0.05, 0.1) is 30.6 Å². The fraction of sp³-hybridized carbons (Fsp3) is 0.296. The van der Waals surface area contributed by atoms with Gasteiger partial charge in [-0.1, -0.05) is 43.0 Å². The zero-order chi connectivity index (χ0) is 27.3. The molecule has 38 heavy (non-hydrogen) atoms. The molecule has 3 N–H and O–H groups in total. The summed E-state index contributed by atoms with van der Waals surface area (Å²) in [7, 11) is 0. The fourth-order valence-electron chi connectivity index (χ4n) is 3.92. The average molecular weight is 544 g/mol. The number of imidazole rings is 1. The van der Waals surface area contributed by atoms with Gasteiger partial charge in [0.2, 0.25) is 0 Å². The van der Waals surface area contributed by atoms with Crippen LogP contribution in [0.1, 0.15) is 41.3 Å². The smallest absolute Gasteiger partial charge is 0.390 e. The van der Waals surface area contributed by atoms with Gasteiger partial charge in [-0.2, -0.15) is 18.3 Å². The third-order valence-electron chi connectivity index (χ3n) is 5.83. The highest BCUT2D eigenvalue weighted by atomic mass is 32.2. The van der Waals surface area contributed by atoms with Crippen LogP contribution in [0, 0.1) is 6.92 Å². The van der Waals surface area contributed by atoms with Gasteiger partial charge in [0, 0.05) is 29.1 Å². The Bertz CT molecular complexity index is 1440. The molecule has 0 aliphatic rings. The molecule has 2 heterocycles. The van der Waals surface area contributed by atoms with Gasteiger partial charge in [0.1, 0.15) is 5.03 Å². The predicted octanol–water partition coefficient (Wildman–Crippen LogP) is 5.85. The standard InChI is InChI=1S/C27H28F3N5O2S/c1-3-11-32-26(37)20-9-8-18(13-17(20)2)22-15-33-25-21(31-12-10-27(28,29)30)14-24(34-35(22)25)38-23-7-5-4-6-19(23)16-36/h4-9,13-15,31,36H,3,10-12,16H2,1-2H3,(H,32,37). The summed E-state index contributed by atoms with van der Waals surface area (Å²) in [5.41, 5.74) is 4.22. The number of hydrogen-bond acceptors (Lipinski definition) is 6. The van der Waals surface area contributed by atoms with Crippen LogP contribution in [0.3, 0.4) is 0 Å². The van der Waals surface area contributed by atoms with E-state index in [0.29, 0.717) is 39.7 Å². The van der Waals surface area contributed by atoms with Crippen LogP contribution in [0.15, 0.2) is 64.6 Å². The second kappa shape index (κ2) is 11.9. The molecule has 7 nitrogen and oxygen atoms in total. The number of hydrogen-bond donors (Lipinski definition) is 3. The number of amides is 1. The molecular weight excluding hydrogens is 515 g/mol. The van der Waals surface area contributed by atoms with E-state index >= 15 is 0 Å². The van der Waals surface area contributed by atoms with Crippen LogP contribution in [0.5, 0.6) is 0 Å². The number of halogens is 3. The van der Waals surface area contributed by atoms with Crippen LogP contribution in [0.2, 0.25) is 0 Å². The minimum atomic E-state index is -4.29. The van der Waals surface area contributed by atoms with Crippen molar-refractivity contribution >= 4 is 29.0 Å². The zero-order valence-electron chi connectivity index (χ0n) is 21.0. The Morgan fingerprint density at radius 3 is 2.63 bits per heavy atom. The van der Waals surface area contributed by atoms with E-state index in [0.717, 1.165) is 22.4 Å². The molecule has 0 aliphatic carbocycles. The van der Waals surface area contributed by atoms with E-state index in [1.807, 2.05) is 38.1 Å². The van der Waals surface area contributed by atoms with Gasteiger partial charge in [-0.05, 0) is 48.7 Å². The van der Waals surface area contributed by atoms with Gasteiger partial charge >= 0.3 is 6.18 Å². The SMILES string of the molecule is CCCNC(=O)c1ccc(-c2cnc3c(NCCC(F)(F)F)cc(Sc4ccccc4CO)nn23)cc1C. The van der Waals surface area contributed by atoms with Gasteiger partial charge < -0.3 is 15.7 Å². The van der Waals surface area contributed by atoms with E-state index in [9.17, 15) is 23.1 Å². The molecule has 0 unspecified atom stereocenters. The third-order valence-corrected chi connectivity index (χ3v) is 6.86. The molecule has 4 aromatic rings. The van der Waals surface area contributed by atoms with Crippen LogP contribution in [0.4, 0.5) is 18.9 Å². The largest absolute Gasteiger partial charge is 0.392 e. The molecule has 0 fully saturated rings. The van der Waals surface area contributed by atoms with Crippen LogP contribution in [-0.2, 0) is 6.61 Å². The van der Waals surface area contributed by atoms with Crippen molar-refractivity contribution in [3.05, 3.63) is 71.4 Å². The van der Waals surface area contributed by atoms with E-state index in [4.69, 9.17) is 5.10 Å². The second-order valence-electron chi connectivity index (χ2n) is 8.72. The highest BCUT2D eigenvalue weighted by molar-refractivity contribution is 7.99. The number of aromatic nitrogens is 3. The molecule has 0 aliphatic heterocycles. The van der Waals surface area contributed by atoms with Gasteiger partial charge in [0.15, 0.2) is 5.65 Å². The van der Waals surface area contributed by atoms with E-state index in [1.54, 1.807) is 35.0 Å². The first-order chi connectivity index (χ1) is 18.2. The summed E-state index contributed by atoms with van der Waals surface area (Å²) in [6.07, 6.45) is -2.85. The molecule has 200 valence electrons. The molecule has 11 heteroatoms. The number of nitrogens with one attached hydrogen (secondary N) is 2. The first-order valence-electron chi connectivity index (χ1n) is 12.2. The van der Waals surface area contributed by atoms with Gasteiger partial charge in [-0.15, -0.1) is 0 Å². The number of anilines is 1. The van der Waals surface area contributed by atoms with E-state index < -0.39 is 12.6 Å². The molecule has 0 saturated carbocycles. The Labute approximate surface area is 222 Å². The minimum Gasteiger partial charge on any atom is -0.392 e. The third kappa shape index (κ3) is 6.46. The monoisotopic (exact) mass is 543 g/mol. The molecule has 0 spiro atoms. The molecule has 1 amide bonds. The Morgan fingerprint density at radius 2 is 1.92 bits per heavy atom. The van der Waals surface area contributed by atoms with Crippen molar-refractivity contribution in [1.82, 2.24) is 19.9 Å². The Balaban J connectivity index is 1.74. The maximum absolute atomic E-state index is 12.8. The highest BCUT2D eigenvalue weighted by Crippen LogP contribution is 2.34. The summed E-state index contributed by atoms with van der Waals surface area (Å²) in [4.78, 5) is 17.7. The maximum Gasteiger partial charge on any atom is 0.390 e. The zero-order valence-corrected chi connectivity index (χ0v) is 21.8. The van der Waals surface area contributed by atoms with Gasteiger partial charge in [-0.25, -0.2) is 9.50 Å². The van der Waals surface area contributed by atoms with Crippen molar-refractivity contribution in [2.24, 2.45) is 0 Å². The van der Waals surface area contributed by atoms with Crippen molar-refractivity contribution < 1.29 is 23.1 Å². The summed E-state index contributed by atoms with van der Waals surface area (Å²) < 4.78 is 40.0. The normalized spacial score (nSPS) is 11.6. The van der Waals surface area contributed by atoms with Crippen LogP contribution >= 0.6 is 11.8 Å². The molecule has 4 rings (SSSR count). The van der Waals surface area contributed by atoms with Crippen molar-refractivity contribution in [3.8, 4) is 11.3 Å². The Kier molecular flexibility index (Phi) is 8.58. The second-order valence-corrected chi connectivity index (χ2v) is 9.78. The van der Waals surface area contributed by atoms with Crippen molar-refractivity contribution in [2.75, 3.05) is 18.4 Å². The van der Waals surface area contributed by atoms with Crippen molar-refractivity contribution in [2.45, 2.75) is 49.4 Å². The van der Waals surface area contributed by atoms with E-state index in [2.05, 4.69) is 15.6 Å². The average Bonchev–Trinajstić information content (AvgIpc) is 3.31. The van der Waals surface area contributed by atoms with Crippen LogP contribution in [-0.4, -0.2) is 44.9 Å². The minimum absolute atomic E-state index is 0.149. The summed E-state index contributed by atoms with van der Waals surface area (Å²) >= 11 is 1.30.